The zero-order valence-electron chi connectivity index (χ0n) is 11.6. The second-order valence-corrected chi connectivity index (χ2v) is 4.88. The second kappa shape index (κ2) is 5.96. The van der Waals surface area contributed by atoms with Gasteiger partial charge in [0.1, 0.15) is 0 Å². The van der Waals surface area contributed by atoms with Gasteiger partial charge in [0.15, 0.2) is 0 Å². The molecule has 0 aliphatic heterocycles. The van der Waals surface area contributed by atoms with Crippen LogP contribution in [0, 0.1) is 6.92 Å². The summed E-state index contributed by atoms with van der Waals surface area (Å²) < 4.78 is 6.52. The van der Waals surface area contributed by atoms with Crippen LogP contribution in [0.15, 0.2) is 24.4 Å². The molecule has 2 rings (SSSR count). The number of esters is 1. The molecule has 1 aromatic heterocycles. The standard InChI is InChI=1S/C14H16ClN3O2/c1-9-10(8-18(2)17-9)7-16-13-5-4-11(15)6-12(13)14(19)20-3/h4-6,8,16H,7H2,1-3H3. The highest BCUT2D eigenvalue weighted by Gasteiger charge is 2.13. The summed E-state index contributed by atoms with van der Waals surface area (Å²) in [7, 11) is 3.22. The molecule has 0 atom stereocenters. The fourth-order valence-electron chi connectivity index (χ4n) is 1.96. The van der Waals surface area contributed by atoms with E-state index in [2.05, 4.69) is 10.4 Å². The van der Waals surface area contributed by atoms with Crippen molar-refractivity contribution in [3.8, 4) is 0 Å². The van der Waals surface area contributed by atoms with Gasteiger partial charge in [-0.3, -0.25) is 4.68 Å². The number of halogens is 1. The Morgan fingerprint density at radius 1 is 1.50 bits per heavy atom. The molecule has 0 aliphatic carbocycles. The van der Waals surface area contributed by atoms with E-state index in [9.17, 15) is 4.79 Å². The van der Waals surface area contributed by atoms with Crippen molar-refractivity contribution < 1.29 is 9.53 Å². The molecule has 0 amide bonds. The molecule has 1 heterocycles. The van der Waals surface area contributed by atoms with Crippen molar-refractivity contribution >= 4 is 23.3 Å². The number of hydrogen-bond acceptors (Lipinski definition) is 4. The number of anilines is 1. The summed E-state index contributed by atoms with van der Waals surface area (Å²) in [4.78, 5) is 11.7. The molecule has 0 radical (unpaired) electrons. The summed E-state index contributed by atoms with van der Waals surface area (Å²) in [6.45, 7) is 2.52. The third-order valence-corrected chi connectivity index (χ3v) is 3.21. The van der Waals surface area contributed by atoms with Crippen molar-refractivity contribution in [1.82, 2.24) is 9.78 Å². The predicted molar refractivity (Wildman–Crippen MR) is 78.1 cm³/mol. The molecule has 1 aromatic carbocycles. The summed E-state index contributed by atoms with van der Waals surface area (Å²) in [5.41, 5.74) is 3.12. The van der Waals surface area contributed by atoms with Gasteiger partial charge in [-0.1, -0.05) is 11.6 Å². The largest absolute Gasteiger partial charge is 0.465 e. The topological polar surface area (TPSA) is 56.1 Å². The fraction of sp³-hybridized carbons (Fsp3) is 0.286. The van der Waals surface area contributed by atoms with E-state index in [1.807, 2.05) is 20.2 Å². The predicted octanol–water partition coefficient (Wildman–Crippen LogP) is 2.78. The highest BCUT2D eigenvalue weighted by molar-refractivity contribution is 6.31. The fourth-order valence-corrected chi connectivity index (χ4v) is 2.13. The molecule has 0 saturated heterocycles. The molecule has 0 unspecified atom stereocenters. The van der Waals surface area contributed by atoms with Gasteiger partial charge in [0.25, 0.3) is 0 Å². The Bertz CT molecular complexity index is 637. The van der Waals surface area contributed by atoms with E-state index in [0.29, 0.717) is 22.8 Å². The lowest BCUT2D eigenvalue weighted by Crippen LogP contribution is -2.08. The minimum atomic E-state index is -0.419. The van der Waals surface area contributed by atoms with Crippen LogP contribution in [0.5, 0.6) is 0 Å². The number of benzene rings is 1. The minimum Gasteiger partial charge on any atom is -0.465 e. The molecule has 0 aliphatic rings. The van der Waals surface area contributed by atoms with Crippen molar-refractivity contribution in [2.75, 3.05) is 12.4 Å². The van der Waals surface area contributed by atoms with Crippen LogP contribution in [0.1, 0.15) is 21.6 Å². The molecule has 0 bridgehead atoms. The Balaban J connectivity index is 2.21. The average molecular weight is 294 g/mol. The quantitative estimate of drug-likeness (QED) is 0.881. The van der Waals surface area contributed by atoms with Crippen LogP contribution in [-0.4, -0.2) is 22.9 Å². The molecular formula is C14H16ClN3O2. The lowest BCUT2D eigenvalue weighted by Gasteiger charge is -2.10. The Morgan fingerprint density at radius 2 is 2.25 bits per heavy atom. The Hall–Kier alpha value is -2.01. The summed E-state index contributed by atoms with van der Waals surface area (Å²) in [6, 6.07) is 5.08. The third kappa shape index (κ3) is 3.11. The van der Waals surface area contributed by atoms with Gasteiger partial charge in [0.05, 0.1) is 18.4 Å². The Labute approximate surface area is 122 Å². The van der Waals surface area contributed by atoms with Crippen molar-refractivity contribution in [2.24, 2.45) is 7.05 Å². The number of ether oxygens (including phenoxy) is 1. The van der Waals surface area contributed by atoms with Crippen LogP contribution in [0.2, 0.25) is 5.02 Å². The first-order valence-corrected chi connectivity index (χ1v) is 6.50. The molecule has 20 heavy (non-hydrogen) atoms. The van der Waals surface area contributed by atoms with Gasteiger partial charge in [-0.15, -0.1) is 0 Å². The number of methoxy groups -OCH3 is 1. The second-order valence-electron chi connectivity index (χ2n) is 4.45. The first kappa shape index (κ1) is 14.4. The minimum absolute atomic E-state index is 0.418. The maximum absolute atomic E-state index is 11.7. The molecule has 0 spiro atoms. The number of aryl methyl sites for hydroxylation is 2. The number of rotatable bonds is 4. The van der Waals surface area contributed by atoms with Crippen molar-refractivity contribution in [3.05, 3.63) is 46.2 Å². The third-order valence-electron chi connectivity index (χ3n) is 2.97. The lowest BCUT2D eigenvalue weighted by atomic mass is 10.1. The normalized spacial score (nSPS) is 10.4. The van der Waals surface area contributed by atoms with E-state index in [-0.39, 0.29) is 0 Å². The molecule has 5 nitrogen and oxygen atoms in total. The molecule has 1 N–H and O–H groups in total. The van der Waals surface area contributed by atoms with E-state index in [1.54, 1.807) is 22.9 Å². The monoisotopic (exact) mass is 293 g/mol. The van der Waals surface area contributed by atoms with Crippen LogP contribution in [0.3, 0.4) is 0 Å². The molecule has 2 aromatic rings. The number of hydrogen-bond donors (Lipinski definition) is 1. The summed E-state index contributed by atoms with van der Waals surface area (Å²) in [5.74, 6) is -0.419. The number of carbonyl (C=O) groups is 1. The van der Waals surface area contributed by atoms with Gasteiger partial charge in [-0.25, -0.2) is 4.79 Å². The van der Waals surface area contributed by atoms with Gasteiger partial charge < -0.3 is 10.1 Å². The van der Waals surface area contributed by atoms with Crippen molar-refractivity contribution in [3.63, 3.8) is 0 Å². The highest BCUT2D eigenvalue weighted by atomic mass is 35.5. The van der Waals surface area contributed by atoms with Gasteiger partial charge in [0.2, 0.25) is 0 Å². The first-order chi connectivity index (χ1) is 9.51. The number of nitrogens with one attached hydrogen (secondary N) is 1. The van der Waals surface area contributed by atoms with Gasteiger partial charge in [-0.05, 0) is 25.1 Å². The van der Waals surface area contributed by atoms with Gasteiger partial charge in [0, 0.05) is 36.1 Å². The van der Waals surface area contributed by atoms with Crippen molar-refractivity contribution in [2.45, 2.75) is 13.5 Å². The zero-order valence-corrected chi connectivity index (χ0v) is 12.4. The molecule has 6 heteroatoms. The molecule has 0 fully saturated rings. The van der Waals surface area contributed by atoms with Gasteiger partial charge >= 0.3 is 5.97 Å². The lowest BCUT2D eigenvalue weighted by molar-refractivity contribution is 0.0602. The maximum Gasteiger partial charge on any atom is 0.340 e. The SMILES string of the molecule is COC(=O)c1cc(Cl)ccc1NCc1cn(C)nc1C. The van der Waals surface area contributed by atoms with E-state index < -0.39 is 5.97 Å². The Kier molecular flexibility index (Phi) is 4.29. The van der Waals surface area contributed by atoms with Crippen LogP contribution < -0.4 is 5.32 Å². The summed E-state index contributed by atoms with van der Waals surface area (Å²) in [6.07, 6.45) is 1.94. The van der Waals surface area contributed by atoms with Gasteiger partial charge in [-0.2, -0.15) is 5.10 Å². The number of aromatic nitrogens is 2. The van der Waals surface area contributed by atoms with Crippen LogP contribution >= 0.6 is 11.6 Å². The van der Waals surface area contributed by atoms with Crippen LogP contribution in [-0.2, 0) is 18.3 Å². The smallest absolute Gasteiger partial charge is 0.340 e. The van der Waals surface area contributed by atoms with E-state index in [0.717, 1.165) is 11.3 Å². The highest BCUT2D eigenvalue weighted by Crippen LogP contribution is 2.22. The zero-order chi connectivity index (χ0) is 14.7. The summed E-state index contributed by atoms with van der Waals surface area (Å²) in [5, 5.41) is 7.98. The van der Waals surface area contributed by atoms with E-state index in [1.165, 1.54) is 7.11 Å². The molecule has 0 saturated carbocycles. The number of carbonyl (C=O) groups excluding carboxylic acids is 1. The molecular weight excluding hydrogens is 278 g/mol. The van der Waals surface area contributed by atoms with Crippen molar-refractivity contribution in [1.29, 1.82) is 0 Å². The summed E-state index contributed by atoms with van der Waals surface area (Å²) >= 11 is 5.91. The average Bonchev–Trinajstić information content (AvgIpc) is 2.74. The van der Waals surface area contributed by atoms with Crippen LogP contribution in [0.25, 0.3) is 0 Å². The number of nitrogens with zero attached hydrogens (tertiary/aromatic N) is 2. The van der Waals surface area contributed by atoms with E-state index >= 15 is 0 Å². The van der Waals surface area contributed by atoms with Crippen LogP contribution in [0.4, 0.5) is 5.69 Å². The molecule has 106 valence electrons. The first-order valence-electron chi connectivity index (χ1n) is 6.12. The maximum atomic E-state index is 11.7. The van der Waals surface area contributed by atoms with E-state index in [4.69, 9.17) is 16.3 Å². The Morgan fingerprint density at radius 3 is 2.85 bits per heavy atom.